The average Bonchev–Trinajstić information content (AvgIpc) is 3.36. The molecule has 4 rings (SSSR count). The Hall–Kier alpha value is -3.78. The molecule has 32 heavy (non-hydrogen) atoms. The fraction of sp³-hybridized carbons (Fsp3) is 0.174. The van der Waals surface area contributed by atoms with E-state index >= 15 is 0 Å². The monoisotopic (exact) mass is 453 g/mol. The Morgan fingerprint density at radius 3 is 2.62 bits per heavy atom. The smallest absolute Gasteiger partial charge is 0.331 e. The second kappa shape index (κ2) is 8.39. The lowest BCUT2D eigenvalue weighted by molar-refractivity contribution is -0.130. The molecule has 1 aromatic carbocycles. The molecule has 1 saturated heterocycles. The van der Waals surface area contributed by atoms with Crippen LogP contribution in [0.4, 0.5) is 4.79 Å². The number of aromatic nitrogens is 1. The first kappa shape index (κ1) is 21.5. The minimum absolute atomic E-state index is 0.0823. The summed E-state index contributed by atoms with van der Waals surface area (Å²) in [5.41, 5.74) is 2.85. The lowest BCUT2D eigenvalue weighted by Crippen LogP contribution is -2.53. The Balaban J connectivity index is 1.74. The van der Waals surface area contributed by atoms with E-state index in [0.717, 1.165) is 22.0 Å². The van der Waals surface area contributed by atoms with E-state index < -0.39 is 17.8 Å². The topological polar surface area (TPSA) is 93.8 Å². The number of rotatable bonds is 5. The van der Waals surface area contributed by atoms with Crippen LogP contribution in [-0.4, -0.2) is 34.4 Å². The van der Waals surface area contributed by atoms with Crippen molar-refractivity contribution < 1.29 is 23.5 Å². The minimum atomic E-state index is -0.789. The first-order valence-corrected chi connectivity index (χ1v) is 10.1. The highest BCUT2D eigenvalue weighted by atomic mass is 35.5. The second-order valence-corrected chi connectivity index (χ2v) is 7.70. The molecule has 1 aliphatic heterocycles. The van der Waals surface area contributed by atoms with E-state index in [0.29, 0.717) is 22.1 Å². The van der Waals surface area contributed by atoms with Crippen LogP contribution in [-0.2, 0) is 16.1 Å². The number of hydrogen-bond acceptors (Lipinski definition) is 5. The molecule has 164 valence electrons. The van der Waals surface area contributed by atoms with Gasteiger partial charge in [0.05, 0.1) is 25.6 Å². The molecule has 9 heteroatoms. The number of carbonyl (C=O) groups is 3. The van der Waals surface area contributed by atoms with Crippen molar-refractivity contribution in [2.24, 2.45) is 0 Å². The molecule has 1 N–H and O–H groups in total. The minimum Gasteiger partial charge on any atom is -0.495 e. The molecule has 4 amide bonds. The van der Waals surface area contributed by atoms with Crippen LogP contribution in [0, 0.1) is 13.8 Å². The Morgan fingerprint density at radius 1 is 1.16 bits per heavy atom. The number of barbiturate groups is 1. The summed E-state index contributed by atoms with van der Waals surface area (Å²) in [6.45, 7) is 3.67. The second-order valence-electron chi connectivity index (χ2n) is 7.27. The van der Waals surface area contributed by atoms with E-state index in [9.17, 15) is 14.4 Å². The van der Waals surface area contributed by atoms with Crippen LogP contribution in [0.5, 0.6) is 5.75 Å². The molecule has 3 aromatic rings. The highest BCUT2D eigenvalue weighted by molar-refractivity contribution is 6.31. The SMILES string of the molecule is COc1ccc(Cl)cc1-n1c(C)cc(/C=C2\C(=O)NC(=O)N(Cc3ccco3)C2=O)c1C. The molecule has 0 radical (unpaired) electrons. The molecule has 0 saturated carbocycles. The third-order valence-electron chi connectivity index (χ3n) is 5.23. The van der Waals surface area contributed by atoms with Crippen molar-refractivity contribution in [3.05, 3.63) is 76.0 Å². The molecule has 1 fully saturated rings. The molecule has 0 bridgehead atoms. The third kappa shape index (κ3) is 3.80. The van der Waals surface area contributed by atoms with Gasteiger partial charge in [-0.1, -0.05) is 11.6 Å². The standard InChI is InChI=1S/C23H20ClN3O5/c1-13-9-15(14(2)27(13)19-11-16(24)6-7-20(19)31-3)10-18-21(28)25-23(30)26(22(18)29)12-17-5-4-8-32-17/h4-11H,12H2,1-3H3,(H,25,28,30)/b18-10+. The first-order chi connectivity index (χ1) is 15.3. The van der Waals surface area contributed by atoms with Crippen molar-refractivity contribution in [1.29, 1.82) is 0 Å². The highest BCUT2D eigenvalue weighted by Gasteiger charge is 2.36. The van der Waals surface area contributed by atoms with Gasteiger partial charge in [-0.25, -0.2) is 4.79 Å². The van der Waals surface area contributed by atoms with Crippen LogP contribution >= 0.6 is 11.6 Å². The van der Waals surface area contributed by atoms with Gasteiger partial charge in [0, 0.05) is 16.4 Å². The number of hydrogen-bond donors (Lipinski definition) is 1. The van der Waals surface area contributed by atoms with Gasteiger partial charge in [-0.2, -0.15) is 0 Å². The zero-order chi connectivity index (χ0) is 23.0. The summed E-state index contributed by atoms with van der Waals surface area (Å²) in [5.74, 6) is -0.397. The summed E-state index contributed by atoms with van der Waals surface area (Å²) in [6, 6.07) is 9.63. The van der Waals surface area contributed by atoms with Crippen LogP contribution in [0.3, 0.4) is 0 Å². The number of nitrogens with one attached hydrogen (secondary N) is 1. The van der Waals surface area contributed by atoms with Crippen LogP contribution < -0.4 is 10.1 Å². The average molecular weight is 454 g/mol. The van der Waals surface area contributed by atoms with E-state index in [-0.39, 0.29) is 12.1 Å². The highest BCUT2D eigenvalue weighted by Crippen LogP contribution is 2.31. The van der Waals surface area contributed by atoms with Crippen LogP contribution in [0.15, 0.2) is 52.7 Å². The number of urea groups is 1. The molecule has 2 aromatic heterocycles. The van der Waals surface area contributed by atoms with Crippen molar-refractivity contribution in [1.82, 2.24) is 14.8 Å². The van der Waals surface area contributed by atoms with Crippen molar-refractivity contribution in [3.8, 4) is 11.4 Å². The Bertz CT molecular complexity index is 1260. The Kier molecular flexibility index (Phi) is 5.63. The van der Waals surface area contributed by atoms with Gasteiger partial charge in [0.2, 0.25) is 0 Å². The van der Waals surface area contributed by atoms with Gasteiger partial charge in [0.25, 0.3) is 11.8 Å². The van der Waals surface area contributed by atoms with Crippen LogP contribution in [0.1, 0.15) is 22.7 Å². The normalized spacial score (nSPS) is 15.4. The lowest BCUT2D eigenvalue weighted by Gasteiger charge is -2.25. The summed E-state index contributed by atoms with van der Waals surface area (Å²) >= 11 is 6.19. The predicted octanol–water partition coefficient (Wildman–Crippen LogP) is 4.01. The van der Waals surface area contributed by atoms with Gasteiger partial charge in [0.1, 0.15) is 17.1 Å². The molecule has 0 atom stereocenters. The molecule has 0 aliphatic carbocycles. The van der Waals surface area contributed by atoms with Crippen molar-refractivity contribution in [3.63, 3.8) is 0 Å². The molecule has 0 spiro atoms. The summed E-state index contributed by atoms with van der Waals surface area (Å²) < 4.78 is 12.6. The number of carbonyl (C=O) groups excluding carboxylic acids is 3. The first-order valence-electron chi connectivity index (χ1n) is 9.74. The maximum atomic E-state index is 13.0. The number of nitrogens with zero attached hydrogens (tertiary/aromatic N) is 2. The zero-order valence-electron chi connectivity index (χ0n) is 17.6. The molecular formula is C23H20ClN3O5. The van der Waals surface area contributed by atoms with Crippen LogP contribution in [0.2, 0.25) is 5.02 Å². The largest absolute Gasteiger partial charge is 0.495 e. The Morgan fingerprint density at radius 2 is 1.94 bits per heavy atom. The molecule has 3 heterocycles. The number of halogens is 1. The van der Waals surface area contributed by atoms with Gasteiger partial charge in [0.15, 0.2) is 0 Å². The lowest BCUT2D eigenvalue weighted by atomic mass is 10.1. The van der Waals surface area contributed by atoms with Gasteiger partial charge in [-0.3, -0.25) is 19.8 Å². The maximum absolute atomic E-state index is 13.0. The molecule has 8 nitrogen and oxygen atoms in total. The van der Waals surface area contributed by atoms with Crippen molar-refractivity contribution in [2.45, 2.75) is 20.4 Å². The van der Waals surface area contributed by atoms with E-state index in [1.54, 1.807) is 37.4 Å². The summed E-state index contributed by atoms with van der Waals surface area (Å²) in [5, 5.41) is 2.76. The van der Waals surface area contributed by atoms with E-state index in [1.807, 2.05) is 24.5 Å². The third-order valence-corrected chi connectivity index (χ3v) is 5.47. The summed E-state index contributed by atoms with van der Waals surface area (Å²) in [4.78, 5) is 38.6. The predicted molar refractivity (Wildman–Crippen MR) is 118 cm³/mol. The number of methoxy groups -OCH3 is 1. The maximum Gasteiger partial charge on any atom is 0.331 e. The number of imide groups is 2. The van der Waals surface area contributed by atoms with Crippen LogP contribution in [0.25, 0.3) is 11.8 Å². The van der Waals surface area contributed by atoms with E-state index in [1.165, 1.54) is 12.3 Å². The number of benzene rings is 1. The summed E-state index contributed by atoms with van der Waals surface area (Å²) in [7, 11) is 1.57. The molecular weight excluding hydrogens is 434 g/mol. The van der Waals surface area contributed by atoms with Crippen molar-refractivity contribution >= 4 is 35.5 Å². The number of furan rings is 1. The van der Waals surface area contributed by atoms with Gasteiger partial charge in [-0.15, -0.1) is 0 Å². The zero-order valence-corrected chi connectivity index (χ0v) is 18.4. The fourth-order valence-electron chi connectivity index (χ4n) is 3.69. The molecule has 1 aliphatic rings. The quantitative estimate of drug-likeness (QED) is 0.465. The summed E-state index contributed by atoms with van der Waals surface area (Å²) in [6.07, 6.45) is 2.93. The van der Waals surface area contributed by atoms with E-state index in [4.69, 9.17) is 20.8 Å². The van der Waals surface area contributed by atoms with Crippen molar-refractivity contribution in [2.75, 3.05) is 7.11 Å². The Labute approximate surface area is 189 Å². The van der Waals surface area contributed by atoms with Gasteiger partial charge in [-0.05, 0) is 61.9 Å². The fourth-order valence-corrected chi connectivity index (χ4v) is 3.86. The van der Waals surface area contributed by atoms with Gasteiger partial charge < -0.3 is 13.7 Å². The number of ether oxygens (including phenoxy) is 1. The number of amides is 4. The molecule has 0 unspecified atom stereocenters. The van der Waals surface area contributed by atoms with Gasteiger partial charge >= 0.3 is 6.03 Å². The number of aryl methyl sites for hydroxylation is 1. The van der Waals surface area contributed by atoms with E-state index in [2.05, 4.69) is 5.32 Å².